The molecule has 0 saturated heterocycles. The molecule has 0 aliphatic carbocycles. The van der Waals surface area contributed by atoms with Crippen LogP contribution in [-0.2, 0) is 0 Å². The van der Waals surface area contributed by atoms with Crippen molar-refractivity contribution < 1.29 is 4.74 Å². The maximum Gasteiger partial charge on any atom is 0.165 e. The average molecular weight is 384 g/mol. The van der Waals surface area contributed by atoms with Crippen molar-refractivity contribution in [2.45, 2.75) is 26.7 Å². The van der Waals surface area contributed by atoms with E-state index >= 15 is 0 Å². The number of rotatable bonds is 6. The van der Waals surface area contributed by atoms with Crippen LogP contribution in [0.25, 0.3) is 33.4 Å². The fourth-order valence-electron chi connectivity index (χ4n) is 3.22. The maximum absolute atomic E-state index is 6.09. The number of nitrogen functional groups attached to an aromatic ring is 1. The van der Waals surface area contributed by atoms with Crippen molar-refractivity contribution in [1.82, 2.24) is 15.0 Å². The molecule has 146 valence electrons. The molecule has 0 atom stereocenters. The molecule has 0 aliphatic rings. The van der Waals surface area contributed by atoms with E-state index in [9.17, 15) is 0 Å². The molecule has 4 aromatic rings. The summed E-state index contributed by atoms with van der Waals surface area (Å²) in [6.45, 7) is 4.96. The van der Waals surface area contributed by atoms with Crippen LogP contribution in [0, 0.1) is 6.92 Å². The molecule has 29 heavy (non-hydrogen) atoms. The summed E-state index contributed by atoms with van der Waals surface area (Å²) in [7, 11) is 0. The zero-order valence-electron chi connectivity index (χ0n) is 16.7. The summed E-state index contributed by atoms with van der Waals surface area (Å²) in [5.74, 6) is 1.30. The zero-order valence-corrected chi connectivity index (χ0v) is 16.7. The minimum atomic E-state index is 0.432. The van der Waals surface area contributed by atoms with Crippen LogP contribution in [0.3, 0.4) is 0 Å². The van der Waals surface area contributed by atoms with Crippen LogP contribution >= 0.6 is 0 Å². The molecule has 5 heteroatoms. The Kier molecular flexibility index (Phi) is 5.38. The van der Waals surface area contributed by atoms with Crippen LogP contribution in [0.2, 0.25) is 0 Å². The monoisotopic (exact) mass is 384 g/mol. The van der Waals surface area contributed by atoms with E-state index in [-0.39, 0.29) is 0 Å². The Morgan fingerprint density at radius 3 is 2.38 bits per heavy atom. The molecule has 4 rings (SSSR count). The molecule has 0 saturated carbocycles. The summed E-state index contributed by atoms with van der Waals surface area (Å²) in [6.07, 6.45) is 3.61. The Labute approximate surface area is 170 Å². The molecule has 2 aromatic carbocycles. The number of pyridine rings is 1. The lowest BCUT2D eigenvalue weighted by molar-refractivity contribution is 0.309. The van der Waals surface area contributed by atoms with Crippen LogP contribution in [0.15, 0.2) is 60.9 Å². The van der Waals surface area contributed by atoms with Gasteiger partial charge in [0.05, 0.1) is 17.7 Å². The Balaban J connectivity index is 1.81. The first kappa shape index (κ1) is 18.9. The third kappa shape index (κ3) is 4.04. The Morgan fingerprint density at radius 2 is 1.66 bits per heavy atom. The summed E-state index contributed by atoms with van der Waals surface area (Å²) < 4.78 is 5.79. The molecule has 2 aromatic heterocycles. The van der Waals surface area contributed by atoms with Gasteiger partial charge in [0.25, 0.3) is 0 Å². The van der Waals surface area contributed by atoms with Crippen molar-refractivity contribution >= 4 is 16.9 Å². The number of aryl methyl sites for hydroxylation is 1. The summed E-state index contributed by atoms with van der Waals surface area (Å²) in [6, 6.07) is 18.5. The number of ether oxygens (including phenoxy) is 1. The Morgan fingerprint density at radius 1 is 0.931 bits per heavy atom. The van der Waals surface area contributed by atoms with Crippen molar-refractivity contribution in [1.29, 1.82) is 0 Å². The van der Waals surface area contributed by atoms with Crippen LogP contribution in [0.4, 0.5) is 5.82 Å². The normalized spacial score (nSPS) is 11.0. The highest BCUT2D eigenvalue weighted by Gasteiger charge is 2.14. The molecule has 0 aliphatic heterocycles. The fraction of sp³-hybridized carbons (Fsp3) is 0.208. The number of benzene rings is 2. The number of hydrogen-bond donors (Lipinski definition) is 1. The van der Waals surface area contributed by atoms with E-state index in [2.05, 4.69) is 48.1 Å². The highest BCUT2D eigenvalue weighted by Crippen LogP contribution is 2.34. The Bertz CT molecular complexity index is 1120. The van der Waals surface area contributed by atoms with Gasteiger partial charge in [-0.3, -0.25) is 0 Å². The second-order valence-corrected chi connectivity index (χ2v) is 7.11. The van der Waals surface area contributed by atoms with E-state index in [0.717, 1.165) is 53.0 Å². The predicted molar refractivity (Wildman–Crippen MR) is 118 cm³/mol. The molecule has 0 fully saturated rings. The smallest absolute Gasteiger partial charge is 0.165 e. The van der Waals surface area contributed by atoms with E-state index in [4.69, 9.17) is 15.5 Å². The van der Waals surface area contributed by atoms with Gasteiger partial charge in [-0.2, -0.15) is 0 Å². The number of fused-ring (bicyclic) bond motifs is 1. The second-order valence-electron chi connectivity index (χ2n) is 7.11. The third-order valence-electron chi connectivity index (χ3n) is 4.91. The van der Waals surface area contributed by atoms with E-state index in [1.54, 1.807) is 0 Å². The molecule has 0 bridgehead atoms. The quantitative estimate of drug-likeness (QED) is 0.449. The van der Waals surface area contributed by atoms with Crippen LogP contribution < -0.4 is 10.5 Å². The zero-order chi connectivity index (χ0) is 20.2. The number of nitrogens with two attached hydrogens (primary N) is 1. The van der Waals surface area contributed by atoms with Crippen molar-refractivity contribution in [3.05, 3.63) is 66.5 Å². The van der Waals surface area contributed by atoms with Crippen LogP contribution in [0.5, 0.6) is 5.75 Å². The lowest BCUT2D eigenvalue weighted by atomic mass is 9.97. The van der Waals surface area contributed by atoms with Crippen molar-refractivity contribution in [2.24, 2.45) is 0 Å². The van der Waals surface area contributed by atoms with Gasteiger partial charge in [0.15, 0.2) is 5.65 Å². The first-order valence-electron chi connectivity index (χ1n) is 9.87. The summed E-state index contributed by atoms with van der Waals surface area (Å²) >= 11 is 0. The van der Waals surface area contributed by atoms with E-state index in [0.29, 0.717) is 11.5 Å². The van der Waals surface area contributed by atoms with Gasteiger partial charge in [-0.25, -0.2) is 15.0 Å². The SMILES string of the molecule is CCCCOc1ccc(-c2nc3ncnc(N)c3cc2-c2ccc(C)cc2)cc1. The molecular formula is C24H24N4O. The fourth-order valence-corrected chi connectivity index (χ4v) is 3.22. The minimum Gasteiger partial charge on any atom is -0.494 e. The number of unbranched alkanes of at least 4 members (excludes halogenated alkanes) is 1. The lowest BCUT2D eigenvalue weighted by Gasteiger charge is -2.13. The van der Waals surface area contributed by atoms with Crippen molar-refractivity contribution in [2.75, 3.05) is 12.3 Å². The van der Waals surface area contributed by atoms with Gasteiger partial charge in [0, 0.05) is 11.1 Å². The molecule has 0 radical (unpaired) electrons. The minimum absolute atomic E-state index is 0.432. The third-order valence-corrected chi connectivity index (χ3v) is 4.91. The van der Waals surface area contributed by atoms with Crippen molar-refractivity contribution in [3.8, 4) is 28.1 Å². The Hall–Kier alpha value is -3.47. The van der Waals surface area contributed by atoms with Crippen molar-refractivity contribution in [3.63, 3.8) is 0 Å². The molecule has 2 heterocycles. The summed E-state index contributed by atoms with van der Waals surface area (Å²) in [5, 5.41) is 0.756. The van der Waals surface area contributed by atoms with Gasteiger partial charge in [0.1, 0.15) is 17.9 Å². The summed E-state index contributed by atoms with van der Waals surface area (Å²) in [5.41, 5.74) is 11.8. The number of nitrogens with zero attached hydrogens (tertiary/aromatic N) is 3. The van der Waals surface area contributed by atoms with Crippen LogP contribution in [-0.4, -0.2) is 21.6 Å². The van der Waals surface area contributed by atoms with Crippen LogP contribution in [0.1, 0.15) is 25.3 Å². The predicted octanol–water partition coefficient (Wildman–Crippen LogP) is 5.43. The molecule has 0 spiro atoms. The second kappa shape index (κ2) is 8.27. The van der Waals surface area contributed by atoms with E-state index in [1.807, 2.05) is 30.3 Å². The number of aromatic nitrogens is 3. The molecular weight excluding hydrogens is 360 g/mol. The van der Waals surface area contributed by atoms with Gasteiger partial charge in [0.2, 0.25) is 0 Å². The molecule has 2 N–H and O–H groups in total. The number of hydrogen-bond acceptors (Lipinski definition) is 5. The van der Waals surface area contributed by atoms with Gasteiger partial charge in [-0.15, -0.1) is 0 Å². The van der Waals surface area contributed by atoms with Gasteiger partial charge in [-0.1, -0.05) is 43.2 Å². The van der Waals surface area contributed by atoms with Gasteiger partial charge < -0.3 is 10.5 Å². The topological polar surface area (TPSA) is 73.9 Å². The molecule has 0 amide bonds. The lowest BCUT2D eigenvalue weighted by Crippen LogP contribution is -1.99. The molecule has 0 unspecified atom stereocenters. The maximum atomic E-state index is 6.09. The largest absolute Gasteiger partial charge is 0.494 e. The highest BCUT2D eigenvalue weighted by atomic mass is 16.5. The summed E-state index contributed by atoms with van der Waals surface area (Å²) in [4.78, 5) is 13.3. The van der Waals surface area contributed by atoms with E-state index < -0.39 is 0 Å². The standard InChI is InChI=1S/C24H24N4O/c1-3-4-13-29-19-11-9-18(10-12-19)22-20(17-7-5-16(2)6-8-17)14-21-23(25)26-15-27-24(21)28-22/h5-12,14-15H,3-4,13H2,1-2H3,(H2,25,26,27,28). The van der Waals surface area contributed by atoms with Gasteiger partial charge >= 0.3 is 0 Å². The van der Waals surface area contributed by atoms with E-state index in [1.165, 1.54) is 11.9 Å². The highest BCUT2D eigenvalue weighted by molar-refractivity contribution is 5.94. The number of anilines is 1. The molecule has 5 nitrogen and oxygen atoms in total. The first-order chi connectivity index (χ1) is 14.2. The van der Waals surface area contributed by atoms with Gasteiger partial charge in [-0.05, 0) is 49.2 Å². The average Bonchev–Trinajstić information content (AvgIpc) is 2.75. The first-order valence-corrected chi connectivity index (χ1v) is 9.87.